The Labute approximate surface area is 174 Å². The number of nitrogens with zero attached hydrogens (tertiary/aromatic N) is 1. The van der Waals surface area contributed by atoms with E-state index in [4.69, 9.17) is 18.6 Å². The summed E-state index contributed by atoms with van der Waals surface area (Å²) in [5.41, 5.74) is 1.12. The average Bonchev–Trinajstić information content (AvgIpc) is 3.44. The quantitative estimate of drug-likeness (QED) is 0.541. The van der Waals surface area contributed by atoms with Gasteiger partial charge in [-0.3, -0.25) is 4.90 Å². The molecule has 0 bridgehead atoms. The number of aryl methyl sites for hydroxylation is 1. The number of benzene rings is 1. The van der Waals surface area contributed by atoms with Crippen LogP contribution >= 0.6 is 11.3 Å². The molecule has 1 aliphatic heterocycles. The molecule has 0 saturated carbocycles. The highest BCUT2D eigenvalue weighted by atomic mass is 32.1. The molecule has 3 aromatic rings. The summed E-state index contributed by atoms with van der Waals surface area (Å²) in [6.45, 7) is 4.95. The zero-order valence-corrected chi connectivity index (χ0v) is 17.2. The first-order valence-corrected chi connectivity index (χ1v) is 10.4. The lowest BCUT2D eigenvalue weighted by molar-refractivity contribution is 0.00267. The number of fused-ring (bicyclic) bond motifs is 1. The highest BCUT2D eigenvalue weighted by Crippen LogP contribution is 2.33. The minimum Gasteiger partial charge on any atom is -0.467 e. The van der Waals surface area contributed by atoms with E-state index in [1.54, 1.807) is 17.6 Å². The molecule has 2 aromatic heterocycles. The first-order valence-electron chi connectivity index (χ1n) is 9.60. The van der Waals surface area contributed by atoms with Gasteiger partial charge in [0.2, 0.25) is 6.79 Å². The maximum atomic E-state index is 10.5. The van der Waals surface area contributed by atoms with E-state index in [1.807, 2.05) is 30.3 Å². The second-order valence-electron chi connectivity index (χ2n) is 7.12. The van der Waals surface area contributed by atoms with Crippen molar-refractivity contribution in [2.45, 2.75) is 32.7 Å². The van der Waals surface area contributed by atoms with Gasteiger partial charge in [0, 0.05) is 29.4 Å². The van der Waals surface area contributed by atoms with E-state index >= 15 is 0 Å². The molecule has 1 aromatic carbocycles. The first-order chi connectivity index (χ1) is 14.2. The zero-order valence-electron chi connectivity index (χ0n) is 16.4. The van der Waals surface area contributed by atoms with Crippen LogP contribution in [-0.4, -0.2) is 36.1 Å². The summed E-state index contributed by atoms with van der Waals surface area (Å²) in [5, 5.41) is 10.5. The van der Waals surface area contributed by atoms with Crippen LogP contribution in [0.5, 0.6) is 11.5 Å². The van der Waals surface area contributed by atoms with Crippen LogP contribution in [0, 0.1) is 6.92 Å². The van der Waals surface area contributed by atoms with Gasteiger partial charge in [-0.2, -0.15) is 0 Å². The summed E-state index contributed by atoms with van der Waals surface area (Å²) >= 11 is 1.78. The van der Waals surface area contributed by atoms with Gasteiger partial charge in [0.15, 0.2) is 11.5 Å². The van der Waals surface area contributed by atoms with Crippen molar-refractivity contribution >= 4 is 11.3 Å². The van der Waals surface area contributed by atoms with Crippen LogP contribution in [0.15, 0.2) is 53.1 Å². The van der Waals surface area contributed by atoms with Crippen LogP contribution in [0.3, 0.4) is 0 Å². The van der Waals surface area contributed by atoms with Gasteiger partial charge in [0.05, 0.1) is 19.0 Å². The molecule has 0 saturated heterocycles. The Morgan fingerprint density at radius 3 is 2.83 bits per heavy atom. The molecule has 0 amide bonds. The van der Waals surface area contributed by atoms with Gasteiger partial charge >= 0.3 is 0 Å². The fraction of sp³-hybridized carbons (Fsp3) is 0.364. The predicted molar refractivity (Wildman–Crippen MR) is 110 cm³/mol. The molecule has 4 rings (SSSR count). The molecule has 7 heteroatoms. The number of furan rings is 1. The van der Waals surface area contributed by atoms with Crippen molar-refractivity contribution in [3.8, 4) is 11.5 Å². The minimum atomic E-state index is -0.597. The van der Waals surface area contributed by atoms with E-state index in [-0.39, 0.29) is 13.4 Å². The fourth-order valence-corrected chi connectivity index (χ4v) is 4.25. The molecule has 6 nitrogen and oxygen atoms in total. The van der Waals surface area contributed by atoms with Gasteiger partial charge in [-0.1, -0.05) is 6.07 Å². The van der Waals surface area contributed by atoms with Gasteiger partial charge in [-0.15, -0.1) is 11.3 Å². The molecular formula is C22H25NO5S. The number of thiophene rings is 1. The summed E-state index contributed by atoms with van der Waals surface area (Å²) in [6.07, 6.45) is 1.02. The van der Waals surface area contributed by atoms with Crippen molar-refractivity contribution in [1.82, 2.24) is 4.90 Å². The smallest absolute Gasteiger partial charge is 0.231 e. The molecule has 1 unspecified atom stereocenters. The summed E-state index contributed by atoms with van der Waals surface area (Å²) in [5.74, 6) is 2.31. The van der Waals surface area contributed by atoms with Crippen LogP contribution in [0.1, 0.15) is 21.1 Å². The van der Waals surface area contributed by atoms with E-state index in [2.05, 4.69) is 24.0 Å². The van der Waals surface area contributed by atoms with Crippen molar-refractivity contribution in [3.05, 3.63) is 69.8 Å². The monoisotopic (exact) mass is 415 g/mol. The Morgan fingerprint density at radius 2 is 2.03 bits per heavy atom. The van der Waals surface area contributed by atoms with Gasteiger partial charge < -0.3 is 23.7 Å². The van der Waals surface area contributed by atoms with Gasteiger partial charge in [0.1, 0.15) is 12.4 Å². The summed E-state index contributed by atoms with van der Waals surface area (Å²) in [4.78, 5) is 4.78. The second-order valence-corrected chi connectivity index (χ2v) is 8.49. The number of hydrogen-bond donors (Lipinski definition) is 1. The molecule has 1 N–H and O–H groups in total. The number of hydrogen-bond acceptors (Lipinski definition) is 7. The van der Waals surface area contributed by atoms with Crippen molar-refractivity contribution < 1.29 is 23.7 Å². The largest absolute Gasteiger partial charge is 0.467 e. The Bertz CT molecular complexity index is 908. The molecular weight excluding hydrogens is 390 g/mol. The van der Waals surface area contributed by atoms with Crippen molar-refractivity contribution in [2.75, 3.05) is 19.9 Å². The zero-order chi connectivity index (χ0) is 20.1. The topological polar surface area (TPSA) is 64.3 Å². The maximum Gasteiger partial charge on any atom is 0.231 e. The summed E-state index contributed by atoms with van der Waals surface area (Å²) in [6, 6.07) is 13.9. The third kappa shape index (κ3) is 5.61. The lowest BCUT2D eigenvalue weighted by atomic mass is 10.1. The SMILES string of the molecule is Cc1ccc(CN(Cc2ccc3c(c2)OCO3)CC(O)COCc2ccco2)s1. The van der Waals surface area contributed by atoms with Crippen molar-refractivity contribution in [3.63, 3.8) is 0 Å². The lowest BCUT2D eigenvalue weighted by Crippen LogP contribution is -2.34. The van der Waals surface area contributed by atoms with Gasteiger partial charge in [-0.25, -0.2) is 0 Å². The molecule has 1 atom stereocenters. The van der Waals surface area contributed by atoms with E-state index in [0.717, 1.165) is 29.4 Å². The molecule has 0 aliphatic carbocycles. The van der Waals surface area contributed by atoms with E-state index < -0.39 is 6.10 Å². The standard InChI is InChI=1S/C22H25NO5S/c1-16-4-6-20(29-16)12-23(10-17-5-7-21-22(9-17)28-15-27-21)11-18(24)13-25-14-19-3-2-8-26-19/h2-9,18,24H,10-15H2,1H3. The molecule has 3 heterocycles. The lowest BCUT2D eigenvalue weighted by Gasteiger charge is -2.25. The Kier molecular flexibility index (Phi) is 6.51. The van der Waals surface area contributed by atoms with Crippen LogP contribution in [-0.2, 0) is 24.4 Å². The number of aliphatic hydroxyl groups excluding tert-OH is 1. The molecule has 0 radical (unpaired) electrons. The van der Waals surface area contributed by atoms with Crippen molar-refractivity contribution in [1.29, 1.82) is 0 Å². The molecule has 29 heavy (non-hydrogen) atoms. The van der Waals surface area contributed by atoms with E-state index in [0.29, 0.717) is 19.7 Å². The summed E-state index contributed by atoms with van der Waals surface area (Å²) < 4.78 is 21.7. The van der Waals surface area contributed by atoms with Gasteiger partial charge in [0.25, 0.3) is 0 Å². The third-order valence-electron chi connectivity index (χ3n) is 4.62. The average molecular weight is 416 g/mol. The van der Waals surface area contributed by atoms with E-state index in [9.17, 15) is 5.11 Å². The molecule has 0 spiro atoms. The first kappa shape index (κ1) is 20.0. The minimum absolute atomic E-state index is 0.252. The molecule has 1 aliphatic rings. The van der Waals surface area contributed by atoms with E-state index in [1.165, 1.54) is 9.75 Å². The summed E-state index contributed by atoms with van der Waals surface area (Å²) in [7, 11) is 0. The van der Waals surface area contributed by atoms with Crippen LogP contribution in [0.2, 0.25) is 0 Å². The van der Waals surface area contributed by atoms with Crippen LogP contribution in [0.4, 0.5) is 0 Å². The maximum absolute atomic E-state index is 10.5. The van der Waals surface area contributed by atoms with Crippen LogP contribution in [0.25, 0.3) is 0 Å². The second kappa shape index (κ2) is 9.45. The van der Waals surface area contributed by atoms with Crippen molar-refractivity contribution in [2.24, 2.45) is 0 Å². The Balaban J connectivity index is 1.37. The number of rotatable bonds is 10. The molecule has 154 valence electrons. The highest BCUT2D eigenvalue weighted by molar-refractivity contribution is 7.11. The number of ether oxygens (including phenoxy) is 3. The normalized spacial score (nSPS) is 13.9. The predicted octanol–water partition coefficient (Wildman–Crippen LogP) is 3.96. The highest BCUT2D eigenvalue weighted by Gasteiger charge is 2.17. The Hall–Kier alpha value is -2.32. The molecule has 0 fully saturated rings. The Morgan fingerprint density at radius 1 is 1.14 bits per heavy atom. The fourth-order valence-electron chi connectivity index (χ4n) is 3.31. The van der Waals surface area contributed by atoms with Gasteiger partial charge in [-0.05, 0) is 48.9 Å². The third-order valence-corrected chi connectivity index (χ3v) is 5.61. The van der Waals surface area contributed by atoms with Crippen LogP contribution < -0.4 is 9.47 Å². The number of aliphatic hydroxyl groups is 1.